The summed E-state index contributed by atoms with van der Waals surface area (Å²) in [5.74, 6) is 1.02. The zero-order chi connectivity index (χ0) is 29.0. The van der Waals surface area contributed by atoms with Crippen LogP contribution in [0.4, 0.5) is 5.69 Å². The maximum atomic E-state index is 13.6. The first-order valence-corrected chi connectivity index (χ1v) is 15.3. The van der Waals surface area contributed by atoms with Crippen molar-refractivity contribution in [1.29, 1.82) is 0 Å². The fourth-order valence-electron chi connectivity index (χ4n) is 4.19. The number of para-hydroxylation sites is 2. The van der Waals surface area contributed by atoms with Gasteiger partial charge in [0, 0.05) is 26.1 Å². The van der Waals surface area contributed by atoms with E-state index in [0.29, 0.717) is 36.8 Å². The highest BCUT2D eigenvalue weighted by molar-refractivity contribution is 7.92. The maximum Gasteiger partial charge on any atom is 0.242 e. The molecule has 1 atom stereocenters. The van der Waals surface area contributed by atoms with Crippen molar-refractivity contribution in [2.45, 2.75) is 59.5 Å². The van der Waals surface area contributed by atoms with Crippen LogP contribution in [0.5, 0.6) is 11.5 Å². The van der Waals surface area contributed by atoms with E-state index in [1.807, 2.05) is 52.0 Å². The molecule has 216 valence electrons. The highest BCUT2D eigenvalue weighted by atomic mass is 32.2. The Balaban J connectivity index is 2.25. The normalized spacial score (nSPS) is 12.1. The first kappa shape index (κ1) is 31.9. The van der Waals surface area contributed by atoms with Crippen molar-refractivity contribution in [2.24, 2.45) is 5.92 Å². The van der Waals surface area contributed by atoms with Crippen LogP contribution in [0, 0.1) is 5.92 Å². The molecule has 2 aromatic rings. The van der Waals surface area contributed by atoms with Crippen LogP contribution in [0.15, 0.2) is 48.5 Å². The van der Waals surface area contributed by atoms with Crippen LogP contribution in [-0.2, 0) is 26.2 Å². The van der Waals surface area contributed by atoms with Crippen molar-refractivity contribution in [3.63, 3.8) is 0 Å². The molecule has 0 aliphatic rings. The summed E-state index contributed by atoms with van der Waals surface area (Å²) in [4.78, 5) is 28.3. The lowest BCUT2D eigenvalue weighted by Gasteiger charge is -2.31. The van der Waals surface area contributed by atoms with E-state index in [4.69, 9.17) is 9.47 Å². The number of anilines is 1. The molecule has 0 bridgehead atoms. The van der Waals surface area contributed by atoms with Gasteiger partial charge in [-0.15, -0.1) is 0 Å². The molecule has 1 N–H and O–H groups in total. The van der Waals surface area contributed by atoms with Gasteiger partial charge in [0.2, 0.25) is 21.8 Å². The molecule has 0 spiro atoms. The van der Waals surface area contributed by atoms with Crippen LogP contribution in [0.1, 0.15) is 52.5 Å². The van der Waals surface area contributed by atoms with Gasteiger partial charge in [-0.05, 0) is 55.5 Å². The molecule has 0 aromatic heterocycles. The molecule has 39 heavy (non-hydrogen) atoms. The largest absolute Gasteiger partial charge is 0.497 e. The van der Waals surface area contributed by atoms with Crippen molar-refractivity contribution >= 4 is 27.5 Å². The van der Waals surface area contributed by atoms with Crippen molar-refractivity contribution in [2.75, 3.05) is 37.4 Å². The van der Waals surface area contributed by atoms with E-state index >= 15 is 0 Å². The second-order valence-corrected chi connectivity index (χ2v) is 11.7. The number of nitrogens with zero attached hydrogens (tertiary/aromatic N) is 2. The van der Waals surface area contributed by atoms with Crippen LogP contribution >= 0.6 is 0 Å². The number of ether oxygens (including phenoxy) is 2. The van der Waals surface area contributed by atoms with Crippen molar-refractivity contribution in [1.82, 2.24) is 10.2 Å². The number of amides is 2. The van der Waals surface area contributed by atoms with Crippen molar-refractivity contribution < 1.29 is 27.5 Å². The van der Waals surface area contributed by atoms with E-state index in [9.17, 15) is 18.0 Å². The van der Waals surface area contributed by atoms with Crippen LogP contribution < -0.4 is 19.1 Å². The predicted molar refractivity (Wildman–Crippen MR) is 155 cm³/mol. The molecule has 0 heterocycles. The molecule has 0 radical (unpaired) electrons. The topological polar surface area (TPSA) is 105 Å². The quantitative estimate of drug-likeness (QED) is 0.329. The maximum absolute atomic E-state index is 13.6. The molecule has 0 saturated heterocycles. The zero-order valence-electron chi connectivity index (χ0n) is 24.0. The summed E-state index contributed by atoms with van der Waals surface area (Å²) in [6.45, 7) is 8.99. The molecule has 0 fully saturated rings. The second kappa shape index (κ2) is 15.4. The number of sulfonamides is 1. The Morgan fingerprint density at radius 1 is 1.03 bits per heavy atom. The minimum atomic E-state index is -3.63. The highest BCUT2D eigenvalue weighted by Crippen LogP contribution is 2.30. The Morgan fingerprint density at radius 3 is 2.26 bits per heavy atom. The number of benzene rings is 2. The molecular weight excluding hydrogens is 518 g/mol. The first-order chi connectivity index (χ1) is 18.5. The van der Waals surface area contributed by atoms with E-state index in [2.05, 4.69) is 5.32 Å². The van der Waals surface area contributed by atoms with E-state index in [0.717, 1.165) is 11.8 Å². The van der Waals surface area contributed by atoms with Crippen molar-refractivity contribution in [3.8, 4) is 11.5 Å². The minimum Gasteiger partial charge on any atom is -0.497 e. The number of carbonyl (C=O) groups is 2. The predicted octanol–water partition coefficient (Wildman–Crippen LogP) is 4.22. The van der Waals surface area contributed by atoms with Crippen LogP contribution in [0.2, 0.25) is 0 Å². The molecule has 2 amide bonds. The molecule has 0 saturated carbocycles. The number of methoxy groups -OCH3 is 1. The van der Waals surface area contributed by atoms with Gasteiger partial charge in [-0.1, -0.05) is 45.0 Å². The number of rotatable bonds is 16. The molecule has 10 heteroatoms. The molecular formula is C29H43N3O6S. The van der Waals surface area contributed by atoms with Gasteiger partial charge in [-0.25, -0.2) is 8.42 Å². The third kappa shape index (κ3) is 9.76. The van der Waals surface area contributed by atoms with Crippen LogP contribution in [0.3, 0.4) is 0 Å². The number of hydrogen-bond acceptors (Lipinski definition) is 6. The standard InChI is InChI=1S/C29H43N3O6S/c1-7-25(29(34)30-20-22(3)4)31(21-23-15-17-24(37-5)18-16-23)28(33)14-11-19-32(39(6,35)36)26-12-9-10-13-27(26)38-8-2/h9-10,12-13,15-18,22,25H,7-8,11,14,19-21H2,1-6H3,(H,30,34). The third-order valence-electron chi connectivity index (χ3n) is 6.17. The minimum absolute atomic E-state index is 0.0763. The third-order valence-corrected chi connectivity index (χ3v) is 7.35. The Bertz CT molecular complexity index is 1170. The lowest BCUT2D eigenvalue weighted by Crippen LogP contribution is -2.49. The van der Waals surface area contributed by atoms with E-state index < -0.39 is 16.1 Å². The van der Waals surface area contributed by atoms with Crippen molar-refractivity contribution in [3.05, 3.63) is 54.1 Å². The van der Waals surface area contributed by atoms with E-state index in [1.54, 1.807) is 36.3 Å². The van der Waals surface area contributed by atoms with Gasteiger partial charge < -0.3 is 19.7 Å². The Morgan fingerprint density at radius 2 is 1.69 bits per heavy atom. The zero-order valence-corrected chi connectivity index (χ0v) is 24.8. The Kier molecular flexibility index (Phi) is 12.6. The average molecular weight is 562 g/mol. The van der Waals surface area contributed by atoms with Gasteiger partial charge in [0.05, 0.1) is 25.7 Å². The van der Waals surface area contributed by atoms with Gasteiger partial charge in [0.15, 0.2) is 0 Å². The van der Waals surface area contributed by atoms with E-state index in [1.165, 1.54) is 4.31 Å². The Hall–Kier alpha value is -3.27. The summed E-state index contributed by atoms with van der Waals surface area (Å²) in [6, 6.07) is 13.7. The molecule has 1 unspecified atom stereocenters. The highest BCUT2D eigenvalue weighted by Gasteiger charge is 2.29. The second-order valence-electron chi connectivity index (χ2n) is 9.77. The summed E-state index contributed by atoms with van der Waals surface area (Å²) >= 11 is 0. The average Bonchev–Trinajstić information content (AvgIpc) is 2.90. The summed E-state index contributed by atoms with van der Waals surface area (Å²) in [5, 5.41) is 2.95. The molecule has 9 nitrogen and oxygen atoms in total. The van der Waals surface area contributed by atoms with E-state index in [-0.39, 0.29) is 43.7 Å². The fraction of sp³-hybridized carbons (Fsp3) is 0.517. The lowest BCUT2D eigenvalue weighted by molar-refractivity contribution is -0.141. The smallest absolute Gasteiger partial charge is 0.242 e. The SMILES string of the molecule is CCOc1ccccc1N(CCCC(=O)N(Cc1ccc(OC)cc1)C(CC)C(=O)NCC(C)C)S(C)(=O)=O. The number of hydrogen-bond donors (Lipinski definition) is 1. The monoisotopic (exact) mass is 561 g/mol. The fourth-order valence-corrected chi connectivity index (χ4v) is 5.16. The van der Waals surface area contributed by atoms with Gasteiger partial charge in [0.1, 0.15) is 17.5 Å². The van der Waals surface area contributed by atoms with Crippen LogP contribution in [-0.4, -0.2) is 64.2 Å². The van der Waals surface area contributed by atoms with Crippen LogP contribution in [0.25, 0.3) is 0 Å². The Labute approximate surface area is 233 Å². The molecule has 0 aliphatic heterocycles. The van der Waals surface area contributed by atoms with Gasteiger partial charge in [0.25, 0.3) is 0 Å². The first-order valence-electron chi connectivity index (χ1n) is 13.4. The molecule has 2 aromatic carbocycles. The summed E-state index contributed by atoms with van der Waals surface area (Å²) in [6.07, 6.45) is 1.94. The number of nitrogens with one attached hydrogen (secondary N) is 1. The lowest BCUT2D eigenvalue weighted by atomic mass is 10.1. The summed E-state index contributed by atoms with van der Waals surface area (Å²) in [5.41, 5.74) is 1.30. The molecule has 0 aliphatic carbocycles. The van der Waals surface area contributed by atoms with Gasteiger partial charge in [-0.2, -0.15) is 0 Å². The summed E-state index contributed by atoms with van der Waals surface area (Å²) in [7, 11) is -2.04. The summed E-state index contributed by atoms with van der Waals surface area (Å²) < 4.78 is 37.5. The van der Waals surface area contributed by atoms with Gasteiger partial charge >= 0.3 is 0 Å². The van der Waals surface area contributed by atoms with Gasteiger partial charge in [-0.3, -0.25) is 13.9 Å². The number of carbonyl (C=O) groups excluding carboxylic acids is 2. The molecule has 2 rings (SSSR count).